The van der Waals surface area contributed by atoms with Crippen molar-refractivity contribution in [2.75, 3.05) is 11.9 Å². The molecule has 9 heteroatoms. The van der Waals surface area contributed by atoms with Gasteiger partial charge >= 0.3 is 17.8 Å². The Labute approximate surface area is 156 Å². The lowest BCUT2D eigenvalue weighted by Gasteiger charge is -2.32. The molecule has 2 heterocycles. The maximum absolute atomic E-state index is 12.7. The first kappa shape index (κ1) is 17.7. The van der Waals surface area contributed by atoms with Crippen LogP contribution >= 0.6 is 0 Å². The molecule has 1 aliphatic heterocycles. The van der Waals surface area contributed by atoms with Crippen molar-refractivity contribution in [2.24, 2.45) is 17.8 Å². The van der Waals surface area contributed by atoms with E-state index >= 15 is 0 Å². The molecule has 2 aliphatic carbocycles. The highest BCUT2D eigenvalue weighted by atomic mass is 16.5. The molecular formula is C18H22N4O5. The minimum absolute atomic E-state index is 0.190. The van der Waals surface area contributed by atoms with Crippen molar-refractivity contribution in [2.45, 2.75) is 45.6 Å². The summed E-state index contributed by atoms with van der Waals surface area (Å²) in [4.78, 5) is 51.3. The third-order valence-corrected chi connectivity index (χ3v) is 6.10. The van der Waals surface area contributed by atoms with Gasteiger partial charge in [0, 0.05) is 12.1 Å². The number of anilines is 1. The number of carbonyl (C=O) groups is 4. The first-order valence-electron chi connectivity index (χ1n) is 9.27. The number of fused-ring (bicyclic) bond motifs is 2. The second-order valence-corrected chi connectivity index (χ2v) is 7.80. The van der Waals surface area contributed by atoms with Gasteiger partial charge in [-0.25, -0.2) is 9.69 Å². The standard InChI is InChI=1S/C18H22N4O5/c1-9-5-14(20-27-9)19-15(23)8-21-16(24)17(25)22(18(21)26)10(2)13-7-11-3-4-12(13)6-11/h5,10-13H,3-4,6-8H2,1-2H3,(H,19,20,23)/t10-,11-,12-,13-/m0/s1. The summed E-state index contributed by atoms with van der Waals surface area (Å²) < 4.78 is 4.85. The maximum atomic E-state index is 12.7. The first-order chi connectivity index (χ1) is 12.8. The summed E-state index contributed by atoms with van der Waals surface area (Å²) in [5.74, 6) is -0.313. The molecule has 1 aromatic rings. The fourth-order valence-electron chi connectivity index (χ4n) is 4.85. The van der Waals surface area contributed by atoms with Gasteiger partial charge in [-0.2, -0.15) is 0 Å². The van der Waals surface area contributed by atoms with Gasteiger partial charge in [0.25, 0.3) is 0 Å². The smallest absolute Gasteiger partial charge is 0.334 e. The lowest BCUT2D eigenvalue weighted by Crippen LogP contribution is -2.45. The SMILES string of the molecule is Cc1cc(NC(=O)CN2C(=O)C(=O)N([C@@H](C)[C@@H]3C[C@H]4CC[C@H]3C4)C2=O)no1. The number of nitrogens with one attached hydrogen (secondary N) is 1. The van der Waals surface area contributed by atoms with Crippen molar-refractivity contribution in [1.29, 1.82) is 0 Å². The summed E-state index contributed by atoms with van der Waals surface area (Å²) >= 11 is 0. The molecule has 0 unspecified atom stereocenters. The van der Waals surface area contributed by atoms with Gasteiger partial charge in [0.1, 0.15) is 12.3 Å². The van der Waals surface area contributed by atoms with E-state index < -0.39 is 30.3 Å². The van der Waals surface area contributed by atoms with Crippen LogP contribution in [0.3, 0.4) is 0 Å². The predicted molar refractivity (Wildman–Crippen MR) is 92.2 cm³/mol. The Balaban J connectivity index is 1.44. The molecule has 4 atom stereocenters. The van der Waals surface area contributed by atoms with Crippen molar-refractivity contribution in [3.05, 3.63) is 11.8 Å². The molecular weight excluding hydrogens is 352 g/mol. The minimum atomic E-state index is -0.957. The highest BCUT2D eigenvalue weighted by Crippen LogP contribution is 2.50. The third-order valence-electron chi connectivity index (χ3n) is 6.10. The predicted octanol–water partition coefficient (Wildman–Crippen LogP) is 1.54. The fraction of sp³-hybridized carbons (Fsp3) is 0.611. The van der Waals surface area contributed by atoms with Gasteiger partial charge in [0.15, 0.2) is 5.82 Å². The molecule has 0 aromatic carbocycles. The van der Waals surface area contributed by atoms with Gasteiger partial charge < -0.3 is 9.84 Å². The maximum Gasteiger partial charge on any atom is 0.334 e. The molecule has 3 aliphatic rings. The van der Waals surface area contributed by atoms with Crippen LogP contribution in [0.15, 0.2) is 10.6 Å². The summed E-state index contributed by atoms with van der Waals surface area (Å²) in [5.41, 5.74) is 0. The quantitative estimate of drug-likeness (QED) is 0.618. The van der Waals surface area contributed by atoms with E-state index in [9.17, 15) is 19.2 Å². The van der Waals surface area contributed by atoms with Gasteiger partial charge in [0.2, 0.25) is 5.91 Å². The molecule has 4 rings (SSSR count). The number of amides is 5. The summed E-state index contributed by atoms with van der Waals surface area (Å²) in [6, 6.07) is 0.461. The van der Waals surface area contributed by atoms with Crippen molar-refractivity contribution in [1.82, 2.24) is 15.0 Å². The molecule has 5 amide bonds. The minimum Gasteiger partial charge on any atom is -0.360 e. The number of urea groups is 1. The zero-order valence-electron chi connectivity index (χ0n) is 15.3. The van der Waals surface area contributed by atoms with Gasteiger partial charge in [-0.15, -0.1) is 0 Å². The molecule has 9 nitrogen and oxygen atoms in total. The second kappa shape index (κ2) is 6.47. The van der Waals surface area contributed by atoms with E-state index in [2.05, 4.69) is 10.5 Å². The van der Waals surface area contributed by atoms with E-state index in [1.165, 1.54) is 12.5 Å². The Kier molecular flexibility index (Phi) is 4.24. The Morgan fingerprint density at radius 3 is 2.67 bits per heavy atom. The average Bonchev–Trinajstić information content (AvgIpc) is 3.38. The second-order valence-electron chi connectivity index (χ2n) is 7.80. The molecule has 0 spiro atoms. The number of carbonyl (C=O) groups excluding carboxylic acids is 4. The van der Waals surface area contributed by atoms with Crippen LogP contribution in [0.25, 0.3) is 0 Å². The molecule has 0 radical (unpaired) electrons. The van der Waals surface area contributed by atoms with Crippen molar-refractivity contribution < 1.29 is 23.7 Å². The lowest BCUT2D eigenvalue weighted by molar-refractivity contribution is -0.144. The molecule has 3 fully saturated rings. The van der Waals surface area contributed by atoms with Crippen molar-refractivity contribution in [3.63, 3.8) is 0 Å². The van der Waals surface area contributed by atoms with Crippen LogP contribution in [0, 0.1) is 24.7 Å². The van der Waals surface area contributed by atoms with Crippen LogP contribution in [-0.2, 0) is 14.4 Å². The van der Waals surface area contributed by atoms with Gasteiger partial charge in [-0.3, -0.25) is 19.3 Å². The highest BCUT2D eigenvalue weighted by Gasteiger charge is 2.52. The zero-order valence-corrected chi connectivity index (χ0v) is 15.3. The number of aromatic nitrogens is 1. The fourth-order valence-corrected chi connectivity index (χ4v) is 4.85. The van der Waals surface area contributed by atoms with E-state index in [1.807, 2.05) is 6.92 Å². The number of imide groups is 2. The Hall–Kier alpha value is -2.71. The molecule has 1 N–H and O–H groups in total. The molecule has 2 bridgehead atoms. The lowest BCUT2D eigenvalue weighted by atomic mass is 9.83. The Morgan fingerprint density at radius 1 is 1.30 bits per heavy atom. The van der Waals surface area contributed by atoms with Crippen LogP contribution in [0.1, 0.15) is 38.4 Å². The van der Waals surface area contributed by atoms with Crippen LogP contribution in [0.5, 0.6) is 0 Å². The highest BCUT2D eigenvalue weighted by molar-refractivity contribution is 6.45. The number of rotatable bonds is 5. The van der Waals surface area contributed by atoms with Crippen LogP contribution in [0.4, 0.5) is 10.6 Å². The van der Waals surface area contributed by atoms with Gasteiger partial charge in [0.05, 0.1) is 0 Å². The Bertz CT molecular complexity index is 818. The largest absolute Gasteiger partial charge is 0.360 e. The topological polar surface area (TPSA) is 113 Å². The average molecular weight is 374 g/mol. The van der Waals surface area contributed by atoms with Crippen LogP contribution in [-0.4, -0.2) is 51.3 Å². The number of nitrogens with zero attached hydrogens (tertiary/aromatic N) is 3. The summed E-state index contributed by atoms with van der Waals surface area (Å²) in [6.45, 7) is 2.97. The van der Waals surface area contributed by atoms with E-state index in [1.54, 1.807) is 6.92 Å². The summed E-state index contributed by atoms with van der Waals surface area (Å²) in [7, 11) is 0. The van der Waals surface area contributed by atoms with Gasteiger partial charge in [-0.05, 0) is 50.9 Å². The van der Waals surface area contributed by atoms with E-state index in [0.29, 0.717) is 22.5 Å². The van der Waals surface area contributed by atoms with Crippen LogP contribution in [0.2, 0.25) is 0 Å². The van der Waals surface area contributed by atoms with Crippen molar-refractivity contribution in [3.8, 4) is 0 Å². The van der Waals surface area contributed by atoms with E-state index in [4.69, 9.17) is 4.52 Å². The molecule has 27 heavy (non-hydrogen) atoms. The number of hydrogen-bond acceptors (Lipinski definition) is 6. The molecule has 1 aromatic heterocycles. The molecule has 1 saturated heterocycles. The van der Waals surface area contributed by atoms with Crippen LogP contribution < -0.4 is 5.32 Å². The van der Waals surface area contributed by atoms with Gasteiger partial charge in [-0.1, -0.05) is 11.6 Å². The molecule has 2 saturated carbocycles. The normalized spacial score (nSPS) is 28.4. The number of aryl methyl sites for hydroxylation is 1. The number of hydrogen-bond donors (Lipinski definition) is 1. The monoisotopic (exact) mass is 374 g/mol. The Morgan fingerprint density at radius 2 is 2.07 bits per heavy atom. The summed E-state index contributed by atoms with van der Waals surface area (Å²) in [6.07, 6.45) is 4.46. The third kappa shape index (κ3) is 3.00. The van der Waals surface area contributed by atoms with E-state index in [0.717, 1.165) is 24.2 Å². The zero-order chi connectivity index (χ0) is 19.3. The van der Waals surface area contributed by atoms with E-state index in [-0.39, 0.29) is 17.8 Å². The molecule has 144 valence electrons. The summed E-state index contributed by atoms with van der Waals surface area (Å²) in [5, 5.41) is 6.07. The first-order valence-corrected chi connectivity index (χ1v) is 9.27. The van der Waals surface area contributed by atoms with Crippen molar-refractivity contribution >= 4 is 29.6 Å².